The average molecular weight is 208 g/mol. The molecule has 0 aliphatic carbocycles. The molecule has 1 aromatic rings. The molecule has 1 N–H and O–H groups in total. The van der Waals surface area contributed by atoms with Gasteiger partial charge in [-0.15, -0.1) is 0 Å². The van der Waals surface area contributed by atoms with Crippen molar-refractivity contribution >= 4 is 12.3 Å². The minimum absolute atomic E-state index is 0.0782. The number of rotatable bonds is 5. The van der Waals surface area contributed by atoms with E-state index in [4.69, 9.17) is 5.11 Å². The van der Waals surface area contributed by atoms with Crippen LogP contribution in [0.25, 0.3) is 0 Å². The lowest BCUT2D eigenvalue weighted by Crippen LogP contribution is -2.08. The summed E-state index contributed by atoms with van der Waals surface area (Å²) in [5.74, 6) is -0.637. The van der Waals surface area contributed by atoms with Crippen LogP contribution in [0.2, 0.25) is 0 Å². The third kappa shape index (κ3) is 3.46. The summed E-state index contributed by atoms with van der Waals surface area (Å²) in [6, 6.07) is 0. The van der Waals surface area contributed by atoms with E-state index in [9.17, 15) is 9.59 Å². The third-order valence-corrected chi connectivity index (χ3v) is 2.07. The molecule has 15 heavy (non-hydrogen) atoms. The summed E-state index contributed by atoms with van der Waals surface area (Å²) in [4.78, 5) is 28.9. The van der Waals surface area contributed by atoms with E-state index in [1.54, 1.807) is 19.3 Å². The number of hydrogen-bond donors (Lipinski definition) is 1. The van der Waals surface area contributed by atoms with Gasteiger partial charge in [-0.3, -0.25) is 4.79 Å². The predicted octanol–water partition coefficient (Wildman–Crippen LogP) is 0.932. The van der Waals surface area contributed by atoms with Crippen molar-refractivity contribution in [2.75, 3.05) is 0 Å². The van der Waals surface area contributed by atoms with Gasteiger partial charge in [-0.05, 0) is 12.5 Å². The molecular formula is C10H12N2O3. The second-order valence-electron chi connectivity index (χ2n) is 3.26. The minimum Gasteiger partial charge on any atom is -0.481 e. The van der Waals surface area contributed by atoms with Gasteiger partial charge in [-0.1, -0.05) is 0 Å². The quantitative estimate of drug-likeness (QED) is 0.728. The second kappa shape index (κ2) is 5.19. The Morgan fingerprint density at radius 2 is 2.13 bits per heavy atom. The number of carboxylic acid groups (broad SMARTS) is 1. The molecule has 0 saturated heterocycles. The lowest BCUT2D eigenvalue weighted by atomic mass is 9.95. The molecule has 1 rings (SSSR count). The molecule has 0 aromatic carbocycles. The van der Waals surface area contributed by atoms with Gasteiger partial charge in [0.2, 0.25) is 0 Å². The number of carboxylic acids is 1. The molecule has 0 radical (unpaired) electrons. The van der Waals surface area contributed by atoms with Crippen LogP contribution >= 0.6 is 0 Å². The van der Waals surface area contributed by atoms with Gasteiger partial charge in [0.25, 0.3) is 0 Å². The molecule has 0 fully saturated rings. The van der Waals surface area contributed by atoms with Crippen molar-refractivity contribution < 1.29 is 14.7 Å². The van der Waals surface area contributed by atoms with E-state index in [1.807, 2.05) is 0 Å². The normalized spacial score (nSPS) is 12.1. The summed E-state index contributed by atoms with van der Waals surface area (Å²) in [5.41, 5.74) is 0.690. The van der Waals surface area contributed by atoms with Crippen LogP contribution in [0.5, 0.6) is 0 Å². The molecular weight excluding hydrogens is 196 g/mol. The minimum atomic E-state index is -0.928. The van der Waals surface area contributed by atoms with E-state index in [-0.39, 0.29) is 18.8 Å². The van der Waals surface area contributed by atoms with Crippen LogP contribution in [0.15, 0.2) is 12.4 Å². The summed E-state index contributed by atoms with van der Waals surface area (Å²) in [5, 5.41) is 8.67. The summed E-state index contributed by atoms with van der Waals surface area (Å²) < 4.78 is 0. The van der Waals surface area contributed by atoms with Gasteiger partial charge >= 0.3 is 5.97 Å². The topological polar surface area (TPSA) is 80.2 Å². The van der Waals surface area contributed by atoms with Crippen LogP contribution in [-0.2, 0) is 9.59 Å². The molecule has 0 aliphatic heterocycles. The van der Waals surface area contributed by atoms with Crippen LogP contribution in [0.4, 0.5) is 0 Å². The van der Waals surface area contributed by atoms with Gasteiger partial charge in [0.1, 0.15) is 12.1 Å². The van der Waals surface area contributed by atoms with E-state index in [0.29, 0.717) is 17.7 Å². The molecule has 5 heteroatoms. The lowest BCUT2D eigenvalue weighted by molar-refractivity contribution is -0.137. The first kappa shape index (κ1) is 11.3. The first-order valence-corrected chi connectivity index (χ1v) is 4.57. The van der Waals surface area contributed by atoms with Gasteiger partial charge in [0, 0.05) is 24.7 Å². The molecule has 0 aliphatic rings. The fraction of sp³-hybridized carbons (Fsp3) is 0.400. The Hall–Kier alpha value is -1.78. The molecule has 0 spiro atoms. The van der Waals surface area contributed by atoms with Gasteiger partial charge in [0.15, 0.2) is 0 Å². The molecule has 1 aromatic heterocycles. The van der Waals surface area contributed by atoms with E-state index < -0.39 is 5.97 Å². The van der Waals surface area contributed by atoms with Crippen LogP contribution in [0, 0.1) is 6.92 Å². The van der Waals surface area contributed by atoms with Crippen molar-refractivity contribution in [2.24, 2.45) is 0 Å². The van der Waals surface area contributed by atoms with Gasteiger partial charge < -0.3 is 9.90 Å². The van der Waals surface area contributed by atoms with E-state index in [0.717, 1.165) is 0 Å². The lowest BCUT2D eigenvalue weighted by Gasteiger charge is -2.10. The maximum atomic E-state index is 10.6. The Morgan fingerprint density at radius 3 is 2.60 bits per heavy atom. The van der Waals surface area contributed by atoms with Crippen molar-refractivity contribution in [2.45, 2.75) is 25.7 Å². The fourth-order valence-electron chi connectivity index (χ4n) is 1.28. The fourth-order valence-corrected chi connectivity index (χ4v) is 1.28. The highest BCUT2D eigenvalue weighted by Gasteiger charge is 2.15. The average Bonchev–Trinajstić information content (AvgIpc) is 2.17. The van der Waals surface area contributed by atoms with Crippen LogP contribution in [0.3, 0.4) is 0 Å². The van der Waals surface area contributed by atoms with Gasteiger partial charge in [0.05, 0.1) is 6.42 Å². The summed E-state index contributed by atoms with van der Waals surface area (Å²) >= 11 is 0. The highest BCUT2D eigenvalue weighted by Crippen LogP contribution is 2.20. The van der Waals surface area contributed by atoms with Crippen LogP contribution in [0.1, 0.15) is 30.1 Å². The molecule has 1 atom stereocenters. The van der Waals surface area contributed by atoms with E-state index >= 15 is 0 Å². The third-order valence-electron chi connectivity index (χ3n) is 2.07. The highest BCUT2D eigenvalue weighted by molar-refractivity contribution is 5.69. The number of aryl methyl sites for hydroxylation is 1. The smallest absolute Gasteiger partial charge is 0.303 e. The largest absolute Gasteiger partial charge is 0.481 e. The van der Waals surface area contributed by atoms with Crippen LogP contribution < -0.4 is 0 Å². The molecule has 0 amide bonds. The molecule has 1 unspecified atom stereocenters. The zero-order chi connectivity index (χ0) is 11.3. The van der Waals surface area contributed by atoms with E-state index in [1.165, 1.54) is 0 Å². The maximum absolute atomic E-state index is 10.6. The summed E-state index contributed by atoms with van der Waals surface area (Å²) in [6.45, 7) is 1.75. The zero-order valence-corrected chi connectivity index (χ0v) is 8.38. The molecule has 0 bridgehead atoms. The van der Waals surface area contributed by atoms with Crippen molar-refractivity contribution in [1.29, 1.82) is 0 Å². The van der Waals surface area contributed by atoms with Crippen molar-refractivity contribution in [3.05, 3.63) is 23.8 Å². The Morgan fingerprint density at radius 1 is 1.53 bits per heavy atom. The Balaban J connectivity index is 2.83. The standard InChI is InChI=1S/C10H12N2O3/c1-7-11-5-9(6-12-7)8(2-3-13)4-10(14)15/h3,5-6,8H,2,4H2,1H3,(H,14,15). The van der Waals surface area contributed by atoms with Crippen LogP contribution in [-0.4, -0.2) is 27.3 Å². The predicted molar refractivity (Wildman–Crippen MR) is 52.4 cm³/mol. The molecule has 0 saturated carbocycles. The number of carbonyl (C=O) groups excluding carboxylic acids is 1. The second-order valence-corrected chi connectivity index (χ2v) is 3.26. The maximum Gasteiger partial charge on any atom is 0.303 e. The first-order chi connectivity index (χ1) is 7.13. The number of hydrogen-bond acceptors (Lipinski definition) is 4. The number of aromatic nitrogens is 2. The number of aliphatic carboxylic acids is 1. The molecule has 1 heterocycles. The number of carbonyl (C=O) groups is 2. The summed E-state index contributed by atoms with van der Waals surface area (Å²) in [7, 11) is 0. The Kier molecular flexibility index (Phi) is 3.91. The Bertz CT molecular complexity index is 348. The zero-order valence-electron chi connectivity index (χ0n) is 8.38. The van der Waals surface area contributed by atoms with Crippen molar-refractivity contribution in [1.82, 2.24) is 9.97 Å². The molecule has 5 nitrogen and oxygen atoms in total. The van der Waals surface area contributed by atoms with E-state index in [2.05, 4.69) is 9.97 Å². The van der Waals surface area contributed by atoms with Gasteiger partial charge in [-0.2, -0.15) is 0 Å². The highest BCUT2D eigenvalue weighted by atomic mass is 16.4. The Labute approximate surface area is 87.2 Å². The van der Waals surface area contributed by atoms with Crippen molar-refractivity contribution in [3.8, 4) is 0 Å². The summed E-state index contributed by atoms with van der Waals surface area (Å²) in [6.07, 6.45) is 3.95. The SMILES string of the molecule is Cc1ncc(C(CC=O)CC(=O)O)cn1. The number of aldehydes is 1. The monoisotopic (exact) mass is 208 g/mol. The first-order valence-electron chi connectivity index (χ1n) is 4.57. The molecule has 80 valence electrons. The van der Waals surface area contributed by atoms with Crippen molar-refractivity contribution in [3.63, 3.8) is 0 Å². The van der Waals surface area contributed by atoms with Gasteiger partial charge in [-0.25, -0.2) is 9.97 Å². The number of nitrogens with zero attached hydrogens (tertiary/aromatic N) is 2.